The molecule has 0 amide bonds. The van der Waals surface area contributed by atoms with Gasteiger partial charge in [-0.05, 0) is 43.2 Å². The lowest BCUT2D eigenvalue weighted by Gasteiger charge is -2.15. The van der Waals surface area contributed by atoms with Crippen molar-refractivity contribution in [3.8, 4) is 5.69 Å². The second kappa shape index (κ2) is 6.87. The highest BCUT2D eigenvalue weighted by Gasteiger charge is 2.25. The quantitative estimate of drug-likeness (QED) is 0.800. The lowest BCUT2D eigenvalue weighted by Crippen LogP contribution is -2.16. The minimum Gasteiger partial charge on any atom is -0.497 e. The average molecular weight is 353 g/mol. The summed E-state index contributed by atoms with van der Waals surface area (Å²) in [5.41, 5.74) is 7.92. The average Bonchev–Trinajstić information content (AvgIpc) is 3.02. The van der Waals surface area contributed by atoms with Crippen molar-refractivity contribution >= 4 is 17.6 Å². The Bertz CT molecular complexity index is 940. The number of ketones is 1. The van der Waals surface area contributed by atoms with Crippen molar-refractivity contribution in [3.63, 3.8) is 0 Å². The van der Waals surface area contributed by atoms with Crippen LogP contribution >= 0.6 is 0 Å². The number of carbonyl (C=O) groups is 2. The van der Waals surface area contributed by atoms with Crippen LogP contribution in [0.15, 0.2) is 48.4 Å². The highest BCUT2D eigenvalue weighted by atomic mass is 16.5. The molecule has 134 valence electrons. The first-order chi connectivity index (χ1) is 12.4. The molecule has 1 aromatic heterocycles. The first-order valence-corrected chi connectivity index (χ1v) is 8.06. The monoisotopic (exact) mass is 353 g/mol. The lowest BCUT2D eigenvalue weighted by molar-refractivity contribution is 0.0696. The Hall–Kier alpha value is -3.35. The number of rotatable bonds is 5. The maximum Gasteiger partial charge on any atom is 0.335 e. The number of anilines is 1. The van der Waals surface area contributed by atoms with E-state index in [0.29, 0.717) is 23.4 Å². The highest BCUT2D eigenvalue weighted by molar-refractivity contribution is 6.03. The number of benzene rings is 1. The molecule has 0 spiro atoms. The van der Waals surface area contributed by atoms with Crippen LogP contribution in [0.5, 0.6) is 0 Å². The van der Waals surface area contributed by atoms with Gasteiger partial charge >= 0.3 is 5.97 Å². The standard InChI is InChI=1S/C19H19N3O4/c1-11-6-7-13(19(24)25)9-16(11)22-18(20)15(10-21-22)17(23)12-4-3-5-14(8-12)26-2/h3,5-10,12H,4,20H2,1-2H3,(H,24,25). The molecule has 1 aliphatic carbocycles. The first-order valence-electron chi connectivity index (χ1n) is 8.06. The van der Waals surface area contributed by atoms with Crippen LogP contribution in [0.2, 0.25) is 0 Å². The number of Topliss-reactive ketones (excluding diaryl/α,β-unsaturated/α-hetero) is 1. The Morgan fingerprint density at radius 3 is 2.85 bits per heavy atom. The van der Waals surface area contributed by atoms with Crippen molar-refractivity contribution in [1.82, 2.24) is 9.78 Å². The summed E-state index contributed by atoms with van der Waals surface area (Å²) >= 11 is 0. The van der Waals surface area contributed by atoms with E-state index in [9.17, 15) is 14.7 Å². The predicted octanol–water partition coefficient (Wildman–Crippen LogP) is 2.75. The molecular formula is C19H19N3O4. The van der Waals surface area contributed by atoms with E-state index in [1.54, 1.807) is 19.3 Å². The van der Waals surface area contributed by atoms with Crippen molar-refractivity contribution < 1.29 is 19.4 Å². The van der Waals surface area contributed by atoms with Crippen LogP contribution in [-0.2, 0) is 4.74 Å². The third kappa shape index (κ3) is 3.11. The molecule has 1 atom stereocenters. The summed E-state index contributed by atoms with van der Waals surface area (Å²) in [4.78, 5) is 24.0. The molecule has 0 saturated heterocycles. The van der Waals surface area contributed by atoms with E-state index in [-0.39, 0.29) is 23.1 Å². The van der Waals surface area contributed by atoms with Gasteiger partial charge in [-0.25, -0.2) is 9.48 Å². The Morgan fingerprint density at radius 1 is 1.38 bits per heavy atom. The van der Waals surface area contributed by atoms with Crippen LogP contribution in [0.4, 0.5) is 5.82 Å². The number of carboxylic acids is 1. The van der Waals surface area contributed by atoms with Crippen LogP contribution in [-0.4, -0.2) is 33.7 Å². The van der Waals surface area contributed by atoms with Crippen LogP contribution in [0, 0.1) is 12.8 Å². The fourth-order valence-electron chi connectivity index (χ4n) is 2.88. The van der Waals surface area contributed by atoms with Gasteiger partial charge in [0.1, 0.15) is 11.6 Å². The van der Waals surface area contributed by atoms with Gasteiger partial charge in [-0.3, -0.25) is 4.79 Å². The lowest BCUT2D eigenvalue weighted by atomic mass is 9.92. The van der Waals surface area contributed by atoms with Gasteiger partial charge in [-0.1, -0.05) is 12.1 Å². The predicted molar refractivity (Wildman–Crippen MR) is 96.3 cm³/mol. The van der Waals surface area contributed by atoms with E-state index in [1.807, 2.05) is 19.1 Å². The van der Waals surface area contributed by atoms with E-state index >= 15 is 0 Å². The summed E-state index contributed by atoms with van der Waals surface area (Å²) in [7, 11) is 1.55. The van der Waals surface area contributed by atoms with Gasteiger partial charge in [-0.2, -0.15) is 5.10 Å². The third-order valence-corrected chi connectivity index (χ3v) is 4.37. The highest BCUT2D eigenvalue weighted by Crippen LogP contribution is 2.27. The number of carboxylic acid groups (broad SMARTS) is 1. The number of allylic oxidation sites excluding steroid dienone is 3. The number of aromatic nitrogens is 2. The molecule has 3 rings (SSSR count). The second-order valence-corrected chi connectivity index (χ2v) is 6.04. The number of aromatic carboxylic acids is 1. The second-order valence-electron chi connectivity index (χ2n) is 6.04. The summed E-state index contributed by atoms with van der Waals surface area (Å²) in [6, 6.07) is 4.68. The third-order valence-electron chi connectivity index (χ3n) is 4.37. The molecule has 0 saturated carbocycles. The van der Waals surface area contributed by atoms with Crippen molar-refractivity contribution in [1.29, 1.82) is 0 Å². The molecule has 1 aromatic carbocycles. The number of hydrogen-bond donors (Lipinski definition) is 2. The fraction of sp³-hybridized carbons (Fsp3) is 0.211. The number of aryl methyl sites for hydroxylation is 1. The van der Waals surface area contributed by atoms with Gasteiger partial charge < -0.3 is 15.6 Å². The molecule has 0 bridgehead atoms. The summed E-state index contributed by atoms with van der Waals surface area (Å²) in [5.74, 6) is -0.756. The van der Waals surface area contributed by atoms with E-state index in [4.69, 9.17) is 10.5 Å². The molecule has 0 fully saturated rings. The molecule has 3 N–H and O–H groups in total. The SMILES string of the molecule is COC1=CC(C(=O)c2cnn(-c3cc(C(=O)O)ccc3C)c2N)CC=C1. The van der Waals surface area contributed by atoms with E-state index in [0.717, 1.165) is 5.56 Å². The van der Waals surface area contributed by atoms with Crippen molar-refractivity contribution in [2.24, 2.45) is 5.92 Å². The largest absolute Gasteiger partial charge is 0.497 e. The van der Waals surface area contributed by atoms with Crippen LogP contribution < -0.4 is 5.73 Å². The van der Waals surface area contributed by atoms with Crippen molar-refractivity contribution in [2.45, 2.75) is 13.3 Å². The van der Waals surface area contributed by atoms with Crippen molar-refractivity contribution in [3.05, 3.63) is 65.1 Å². The van der Waals surface area contributed by atoms with Gasteiger partial charge in [-0.15, -0.1) is 0 Å². The zero-order chi connectivity index (χ0) is 18.8. The minimum absolute atomic E-state index is 0.124. The maximum atomic E-state index is 12.8. The van der Waals surface area contributed by atoms with Crippen LogP contribution in [0.25, 0.3) is 5.69 Å². The van der Waals surface area contributed by atoms with E-state index in [2.05, 4.69) is 5.10 Å². The summed E-state index contributed by atoms with van der Waals surface area (Å²) < 4.78 is 6.58. The molecule has 2 aromatic rings. The molecule has 1 heterocycles. The summed E-state index contributed by atoms with van der Waals surface area (Å²) in [5, 5.41) is 13.4. The number of nitrogens with zero attached hydrogens (tertiary/aromatic N) is 2. The Balaban J connectivity index is 1.98. The molecule has 7 nitrogen and oxygen atoms in total. The number of ether oxygens (including phenoxy) is 1. The zero-order valence-corrected chi connectivity index (χ0v) is 14.5. The molecule has 0 aliphatic heterocycles. The van der Waals surface area contributed by atoms with Crippen LogP contribution in [0.3, 0.4) is 0 Å². The number of nitrogen functional groups attached to an aromatic ring is 1. The minimum atomic E-state index is -1.04. The van der Waals surface area contributed by atoms with Gasteiger partial charge in [0.15, 0.2) is 5.78 Å². The smallest absolute Gasteiger partial charge is 0.335 e. The Labute approximate surface area is 150 Å². The van der Waals surface area contributed by atoms with Crippen molar-refractivity contribution in [2.75, 3.05) is 12.8 Å². The fourth-order valence-corrected chi connectivity index (χ4v) is 2.88. The Kier molecular flexibility index (Phi) is 4.62. The molecule has 0 radical (unpaired) electrons. The first kappa shape index (κ1) is 17.5. The summed E-state index contributed by atoms with van der Waals surface area (Å²) in [6.45, 7) is 1.82. The maximum absolute atomic E-state index is 12.8. The van der Waals surface area contributed by atoms with Gasteiger partial charge in [0.05, 0.1) is 30.1 Å². The van der Waals surface area contributed by atoms with Crippen LogP contribution in [0.1, 0.15) is 32.7 Å². The molecule has 1 aliphatic rings. The normalized spacial score (nSPS) is 16.2. The van der Waals surface area contributed by atoms with E-state index in [1.165, 1.54) is 23.0 Å². The van der Waals surface area contributed by atoms with Gasteiger partial charge in [0, 0.05) is 5.92 Å². The molecule has 1 unspecified atom stereocenters. The van der Waals surface area contributed by atoms with Gasteiger partial charge in [0.2, 0.25) is 0 Å². The molecule has 26 heavy (non-hydrogen) atoms. The number of methoxy groups -OCH3 is 1. The number of carbonyl (C=O) groups excluding carboxylic acids is 1. The zero-order valence-electron chi connectivity index (χ0n) is 14.5. The van der Waals surface area contributed by atoms with Gasteiger partial charge in [0.25, 0.3) is 0 Å². The summed E-state index contributed by atoms with van der Waals surface area (Å²) in [6.07, 6.45) is 7.43. The molecular weight excluding hydrogens is 334 g/mol. The van der Waals surface area contributed by atoms with E-state index < -0.39 is 5.97 Å². The number of nitrogens with two attached hydrogens (primary N) is 1. The topological polar surface area (TPSA) is 107 Å². The molecule has 7 heteroatoms. The Morgan fingerprint density at radius 2 is 2.15 bits per heavy atom. The number of hydrogen-bond acceptors (Lipinski definition) is 5.